The summed E-state index contributed by atoms with van der Waals surface area (Å²) < 4.78 is 62.2. The molecule has 1 aliphatic heterocycles. The van der Waals surface area contributed by atoms with Gasteiger partial charge in [-0.1, -0.05) is 22.6 Å². The fourth-order valence-electron chi connectivity index (χ4n) is 5.84. The van der Waals surface area contributed by atoms with E-state index in [1.807, 2.05) is 13.0 Å². The normalized spacial score (nSPS) is 19.2. The molecule has 4 aromatic rings. The number of halogens is 4. The van der Waals surface area contributed by atoms with E-state index < -0.39 is 11.7 Å². The van der Waals surface area contributed by atoms with Crippen LogP contribution < -0.4 is 4.90 Å². The molecule has 5 nitrogen and oxygen atoms in total. The van der Waals surface area contributed by atoms with Gasteiger partial charge in [0.25, 0.3) is 0 Å². The van der Waals surface area contributed by atoms with Gasteiger partial charge in [-0.05, 0) is 73.8 Å². The van der Waals surface area contributed by atoms with E-state index in [2.05, 4.69) is 26.1 Å². The summed E-state index contributed by atoms with van der Waals surface area (Å²) in [6.45, 7) is 3.45. The Hall–Kier alpha value is -3.27. The Morgan fingerprint density at radius 3 is 2.63 bits per heavy atom. The van der Waals surface area contributed by atoms with Crippen LogP contribution in [-0.4, -0.2) is 28.2 Å². The Morgan fingerprint density at radius 2 is 1.92 bits per heavy atom. The van der Waals surface area contributed by atoms with Gasteiger partial charge in [0.15, 0.2) is 10.9 Å². The number of nitrogens with zero attached hydrogens (tertiary/aromatic N) is 4. The van der Waals surface area contributed by atoms with Gasteiger partial charge in [0.2, 0.25) is 0 Å². The van der Waals surface area contributed by atoms with Gasteiger partial charge in [-0.3, -0.25) is 4.98 Å². The number of piperidine rings is 1. The van der Waals surface area contributed by atoms with E-state index in [-0.39, 0.29) is 28.4 Å². The summed E-state index contributed by atoms with van der Waals surface area (Å²) in [5.41, 5.74) is 2.45. The number of allylic oxidation sites excluding steroid dienone is 2. The molecule has 38 heavy (non-hydrogen) atoms. The minimum Gasteiger partial charge on any atom is -0.360 e. The number of aryl methyl sites for hydroxylation is 1. The van der Waals surface area contributed by atoms with Crippen molar-refractivity contribution in [3.63, 3.8) is 0 Å². The summed E-state index contributed by atoms with van der Waals surface area (Å²) in [5, 5.41) is 4.97. The standard InChI is InChI=1S/C28H24F4N4OS/c1-15-10-20(29)24-21(11-15)38-26(34-24)36-8-5-27(6-9-36)12-17(13-27)22-23(35-37-25(22)16-2-3-16)18-14-33-7-4-19(18)28(30,31)32/h4,7,10-12,14,16H,2-3,5-6,8-9,13H2,1H3. The molecule has 1 spiro atoms. The quantitative estimate of drug-likeness (QED) is 0.248. The lowest BCUT2D eigenvalue weighted by atomic mass is 9.63. The van der Waals surface area contributed by atoms with Crippen molar-refractivity contribution in [2.45, 2.75) is 51.1 Å². The highest BCUT2D eigenvalue weighted by molar-refractivity contribution is 7.22. The number of fused-ring (bicyclic) bond motifs is 1. The Bertz CT molecular complexity index is 1590. The van der Waals surface area contributed by atoms with Crippen molar-refractivity contribution in [3.05, 3.63) is 64.9 Å². The summed E-state index contributed by atoms with van der Waals surface area (Å²) in [4.78, 5) is 10.7. The van der Waals surface area contributed by atoms with Crippen LogP contribution in [0.2, 0.25) is 0 Å². The maximum absolute atomic E-state index is 14.4. The molecule has 1 saturated heterocycles. The van der Waals surface area contributed by atoms with E-state index in [9.17, 15) is 17.6 Å². The highest BCUT2D eigenvalue weighted by Gasteiger charge is 2.45. The second-order valence-corrected chi connectivity index (χ2v) is 11.8. The van der Waals surface area contributed by atoms with Gasteiger partial charge in [0, 0.05) is 42.5 Å². The first-order chi connectivity index (χ1) is 18.2. The first kappa shape index (κ1) is 23.8. The molecule has 196 valence electrons. The maximum Gasteiger partial charge on any atom is 0.417 e. The van der Waals surface area contributed by atoms with Crippen LogP contribution in [0.5, 0.6) is 0 Å². The molecule has 0 unspecified atom stereocenters. The minimum absolute atomic E-state index is 0.0124. The van der Waals surface area contributed by atoms with Crippen LogP contribution in [0.4, 0.5) is 22.7 Å². The number of hydrogen-bond donors (Lipinski definition) is 0. The molecule has 2 aliphatic carbocycles. The molecule has 1 aromatic carbocycles. The zero-order chi connectivity index (χ0) is 26.2. The molecular formula is C28H24F4N4OS. The molecule has 0 radical (unpaired) electrons. The van der Waals surface area contributed by atoms with Crippen molar-refractivity contribution < 1.29 is 22.1 Å². The van der Waals surface area contributed by atoms with Gasteiger partial charge < -0.3 is 9.42 Å². The van der Waals surface area contributed by atoms with Gasteiger partial charge in [0.05, 0.1) is 10.3 Å². The number of anilines is 1. The van der Waals surface area contributed by atoms with Gasteiger partial charge in [-0.15, -0.1) is 0 Å². The number of thiazole rings is 1. The van der Waals surface area contributed by atoms with Crippen LogP contribution >= 0.6 is 11.3 Å². The third-order valence-corrected chi connectivity index (χ3v) is 9.07. The number of benzene rings is 1. The lowest BCUT2D eigenvalue weighted by molar-refractivity contribution is -0.137. The molecule has 7 rings (SSSR count). The Kier molecular flexibility index (Phi) is 5.24. The minimum atomic E-state index is -4.52. The highest BCUT2D eigenvalue weighted by Crippen LogP contribution is 2.56. The molecule has 4 heterocycles. The zero-order valence-corrected chi connectivity index (χ0v) is 21.4. The lowest BCUT2D eigenvalue weighted by Gasteiger charge is -2.46. The molecule has 10 heteroatoms. The van der Waals surface area contributed by atoms with Crippen molar-refractivity contribution in [1.82, 2.24) is 15.1 Å². The zero-order valence-electron chi connectivity index (χ0n) is 20.6. The summed E-state index contributed by atoms with van der Waals surface area (Å²) >= 11 is 1.51. The van der Waals surface area contributed by atoms with Crippen LogP contribution in [-0.2, 0) is 6.18 Å². The first-order valence-corrected chi connectivity index (χ1v) is 13.6. The average molecular weight is 541 g/mol. The van der Waals surface area contributed by atoms with E-state index in [0.717, 1.165) is 84.0 Å². The van der Waals surface area contributed by atoms with Crippen molar-refractivity contribution in [1.29, 1.82) is 0 Å². The van der Waals surface area contributed by atoms with Gasteiger partial charge >= 0.3 is 6.18 Å². The van der Waals surface area contributed by atoms with Gasteiger partial charge in [-0.25, -0.2) is 9.37 Å². The van der Waals surface area contributed by atoms with Crippen molar-refractivity contribution in [2.75, 3.05) is 18.0 Å². The first-order valence-electron chi connectivity index (χ1n) is 12.8. The Balaban J connectivity index is 1.16. The Morgan fingerprint density at radius 1 is 1.16 bits per heavy atom. The molecule has 0 bridgehead atoms. The summed E-state index contributed by atoms with van der Waals surface area (Å²) in [7, 11) is 0. The molecule has 2 fully saturated rings. The van der Waals surface area contributed by atoms with Crippen LogP contribution in [0.15, 0.2) is 41.2 Å². The smallest absolute Gasteiger partial charge is 0.360 e. The molecule has 0 atom stereocenters. The topological polar surface area (TPSA) is 55.1 Å². The number of aromatic nitrogens is 3. The molecular weight excluding hydrogens is 516 g/mol. The second kappa shape index (κ2) is 8.36. The summed E-state index contributed by atoms with van der Waals surface area (Å²) in [6.07, 6.45) is 4.56. The average Bonchev–Trinajstić information content (AvgIpc) is 3.46. The van der Waals surface area contributed by atoms with E-state index in [0.29, 0.717) is 11.3 Å². The number of rotatable bonds is 4. The van der Waals surface area contributed by atoms with Crippen LogP contribution in [0.1, 0.15) is 60.5 Å². The lowest BCUT2D eigenvalue weighted by Crippen LogP contribution is -2.42. The van der Waals surface area contributed by atoms with Crippen molar-refractivity contribution >= 4 is 32.3 Å². The largest absolute Gasteiger partial charge is 0.417 e. The maximum atomic E-state index is 14.4. The number of pyridine rings is 1. The van der Waals surface area contributed by atoms with E-state index in [1.54, 1.807) is 0 Å². The molecule has 0 N–H and O–H groups in total. The van der Waals surface area contributed by atoms with Gasteiger partial charge in [0.1, 0.15) is 17.0 Å². The fraction of sp³-hybridized carbons (Fsp3) is 0.393. The SMILES string of the molecule is Cc1cc(F)c2nc(N3CCC4(C=C(c5c(-c6cnccc6C(F)(F)F)noc5C5CC5)C4)CC3)sc2c1. The molecule has 0 amide bonds. The van der Waals surface area contributed by atoms with E-state index in [1.165, 1.54) is 23.6 Å². The summed E-state index contributed by atoms with van der Waals surface area (Å²) in [5.74, 6) is 0.614. The highest BCUT2D eigenvalue weighted by atomic mass is 32.1. The second-order valence-electron chi connectivity index (χ2n) is 10.7. The number of hydrogen-bond acceptors (Lipinski definition) is 6. The Labute approximate surface area is 220 Å². The van der Waals surface area contributed by atoms with Gasteiger partial charge in [-0.2, -0.15) is 13.2 Å². The van der Waals surface area contributed by atoms with Crippen LogP contribution in [0.25, 0.3) is 27.0 Å². The molecule has 1 saturated carbocycles. The van der Waals surface area contributed by atoms with Crippen molar-refractivity contribution in [3.8, 4) is 11.3 Å². The predicted molar refractivity (Wildman–Crippen MR) is 137 cm³/mol. The third kappa shape index (κ3) is 3.92. The van der Waals surface area contributed by atoms with Crippen LogP contribution in [0.3, 0.4) is 0 Å². The summed E-state index contributed by atoms with van der Waals surface area (Å²) in [6, 6.07) is 4.47. The van der Waals surface area contributed by atoms with Crippen LogP contribution in [0, 0.1) is 18.2 Å². The van der Waals surface area contributed by atoms with E-state index in [4.69, 9.17) is 4.52 Å². The third-order valence-electron chi connectivity index (χ3n) is 8.00. The molecule has 3 aromatic heterocycles. The fourth-order valence-corrected chi connectivity index (χ4v) is 6.97. The molecule has 3 aliphatic rings. The predicted octanol–water partition coefficient (Wildman–Crippen LogP) is 7.76. The van der Waals surface area contributed by atoms with E-state index >= 15 is 0 Å². The van der Waals surface area contributed by atoms with Crippen molar-refractivity contribution in [2.24, 2.45) is 5.41 Å². The monoisotopic (exact) mass is 540 g/mol. The number of alkyl halides is 3.